The van der Waals surface area contributed by atoms with Crippen LogP contribution in [0.15, 0.2) is 0 Å². The second kappa shape index (κ2) is 5.85. The maximum absolute atomic E-state index is 4.15. The zero-order valence-electron chi connectivity index (χ0n) is 14.1. The fraction of sp³-hybridized carbons (Fsp3) is 1.00. The highest BCUT2D eigenvalue weighted by Gasteiger charge is 2.48. The van der Waals surface area contributed by atoms with Gasteiger partial charge in [-0.25, -0.2) is 0 Å². The molecular weight excluding hydrogens is 256 g/mol. The molecule has 1 heterocycles. The summed E-state index contributed by atoms with van der Waals surface area (Å²) >= 11 is 0. The quantitative estimate of drug-likeness (QED) is 0.852. The standard InChI is InChI=1S/C19H34N2/c1-3-21-6-4-5-16(12-21)13(2)20-19-17-8-14-7-15(10-17)11-18(19)9-14/h13-20H,3-12H2,1-2H3. The van der Waals surface area contributed by atoms with Crippen LogP contribution in [-0.2, 0) is 0 Å². The molecule has 0 radical (unpaired) electrons. The van der Waals surface area contributed by atoms with E-state index in [4.69, 9.17) is 0 Å². The van der Waals surface area contributed by atoms with E-state index in [1.54, 1.807) is 32.1 Å². The first kappa shape index (κ1) is 14.5. The lowest BCUT2D eigenvalue weighted by atomic mass is 9.54. The Morgan fingerprint density at radius 1 is 1.05 bits per heavy atom. The van der Waals surface area contributed by atoms with Crippen molar-refractivity contribution in [1.29, 1.82) is 0 Å². The molecule has 0 amide bonds. The normalized spacial score (nSPS) is 47.7. The number of hydrogen-bond acceptors (Lipinski definition) is 2. The van der Waals surface area contributed by atoms with Gasteiger partial charge in [-0.15, -0.1) is 0 Å². The third-order valence-electron chi connectivity index (χ3n) is 7.38. The predicted octanol–water partition coefficient (Wildman–Crippen LogP) is 3.52. The first-order chi connectivity index (χ1) is 10.2. The van der Waals surface area contributed by atoms with Gasteiger partial charge >= 0.3 is 0 Å². The molecule has 2 nitrogen and oxygen atoms in total. The van der Waals surface area contributed by atoms with Crippen molar-refractivity contribution < 1.29 is 0 Å². The van der Waals surface area contributed by atoms with Crippen LogP contribution in [0.3, 0.4) is 0 Å². The number of hydrogen-bond donors (Lipinski definition) is 1. The van der Waals surface area contributed by atoms with Gasteiger partial charge in [0.05, 0.1) is 0 Å². The zero-order valence-corrected chi connectivity index (χ0v) is 14.1. The van der Waals surface area contributed by atoms with Gasteiger partial charge in [0.2, 0.25) is 0 Å². The highest BCUT2D eigenvalue weighted by Crippen LogP contribution is 2.53. The number of nitrogens with zero attached hydrogens (tertiary/aromatic N) is 1. The van der Waals surface area contributed by atoms with Crippen LogP contribution in [0.4, 0.5) is 0 Å². The van der Waals surface area contributed by atoms with E-state index in [-0.39, 0.29) is 0 Å². The van der Waals surface area contributed by atoms with Gasteiger partial charge in [-0.2, -0.15) is 0 Å². The van der Waals surface area contributed by atoms with Crippen molar-refractivity contribution in [3.05, 3.63) is 0 Å². The molecule has 21 heavy (non-hydrogen) atoms. The first-order valence-electron chi connectivity index (χ1n) is 9.71. The number of likely N-dealkylation sites (tertiary alicyclic amines) is 1. The average molecular weight is 290 g/mol. The van der Waals surface area contributed by atoms with Gasteiger partial charge in [0.15, 0.2) is 0 Å². The molecule has 0 aromatic carbocycles. The van der Waals surface area contributed by atoms with Crippen molar-refractivity contribution in [1.82, 2.24) is 10.2 Å². The van der Waals surface area contributed by atoms with Crippen LogP contribution >= 0.6 is 0 Å². The van der Waals surface area contributed by atoms with Crippen LogP contribution in [0.5, 0.6) is 0 Å². The Balaban J connectivity index is 1.37. The summed E-state index contributed by atoms with van der Waals surface area (Å²) in [6.07, 6.45) is 10.6. The Morgan fingerprint density at radius 2 is 1.71 bits per heavy atom. The number of piperidine rings is 1. The van der Waals surface area contributed by atoms with Gasteiger partial charge < -0.3 is 10.2 Å². The van der Waals surface area contributed by atoms with E-state index >= 15 is 0 Å². The van der Waals surface area contributed by atoms with Gasteiger partial charge in [0.25, 0.3) is 0 Å². The smallest absolute Gasteiger partial charge is 0.0127 e. The minimum Gasteiger partial charge on any atom is -0.311 e. The molecule has 120 valence electrons. The van der Waals surface area contributed by atoms with E-state index in [2.05, 4.69) is 24.1 Å². The fourth-order valence-corrected chi connectivity index (χ4v) is 6.42. The molecule has 0 aromatic heterocycles. The van der Waals surface area contributed by atoms with Gasteiger partial charge in [0, 0.05) is 18.6 Å². The molecule has 5 fully saturated rings. The van der Waals surface area contributed by atoms with Crippen LogP contribution in [0, 0.1) is 29.6 Å². The van der Waals surface area contributed by atoms with Crippen molar-refractivity contribution in [2.45, 2.75) is 70.9 Å². The second-order valence-corrected chi connectivity index (χ2v) is 8.71. The molecule has 1 aliphatic heterocycles. The molecule has 5 rings (SSSR count). The van der Waals surface area contributed by atoms with Gasteiger partial charge in [-0.05, 0) is 94.5 Å². The summed E-state index contributed by atoms with van der Waals surface area (Å²) in [6, 6.07) is 1.59. The molecule has 1 N–H and O–H groups in total. The summed E-state index contributed by atoms with van der Waals surface area (Å²) < 4.78 is 0. The molecule has 1 saturated heterocycles. The van der Waals surface area contributed by atoms with Gasteiger partial charge in [0.1, 0.15) is 0 Å². The monoisotopic (exact) mass is 290 g/mol. The van der Waals surface area contributed by atoms with E-state index in [1.165, 1.54) is 32.5 Å². The van der Waals surface area contributed by atoms with Gasteiger partial charge in [-0.1, -0.05) is 6.92 Å². The SMILES string of the molecule is CCN1CCCC(C(C)NC2C3CC4CC(C3)CC2C4)C1. The third kappa shape index (κ3) is 2.79. The highest BCUT2D eigenvalue weighted by atomic mass is 15.1. The minimum atomic E-state index is 0.724. The van der Waals surface area contributed by atoms with Crippen LogP contribution in [0.1, 0.15) is 58.8 Å². The minimum absolute atomic E-state index is 0.724. The Kier molecular flexibility index (Phi) is 4.04. The van der Waals surface area contributed by atoms with E-state index in [0.29, 0.717) is 0 Å². The highest BCUT2D eigenvalue weighted by molar-refractivity contribution is 5.02. The number of rotatable bonds is 4. The summed E-state index contributed by atoms with van der Waals surface area (Å²) in [4.78, 5) is 2.66. The van der Waals surface area contributed by atoms with Crippen LogP contribution < -0.4 is 5.32 Å². The molecular formula is C19H34N2. The lowest BCUT2D eigenvalue weighted by molar-refractivity contribution is -0.0213. The maximum Gasteiger partial charge on any atom is 0.0127 e. The molecule has 2 unspecified atom stereocenters. The summed E-state index contributed by atoms with van der Waals surface area (Å²) in [6.45, 7) is 8.70. The number of nitrogens with one attached hydrogen (secondary N) is 1. The molecule has 0 aromatic rings. The van der Waals surface area contributed by atoms with Crippen molar-refractivity contribution in [3.8, 4) is 0 Å². The van der Waals surface area contributed by atoms with Crippen LogP contribution in [0.2, 0.25) is 0 Å². The van der Waals surface area contributed by atoms with Crippen LogP contribution in [-0.4, -0.2) is 36.6 Å². The Hall–Kier alpha value is -0.0800. The van der Waals surface area contributed by atoms with Crippen molar-refractivity contribution in [2.24, 2.45) is 29.6 Å². The largest absolute Gasteiger partial charge is 0.311 e. The summed E-state index contributed by atoms with van der Waals surface area (Å²) in [7, 11) is 0. The summed E-state index contributed by atoms with van der Waals surface area (Å²) in [5.74, 6) is 5.14. The van der Waals surface area contributed by atoms with E-state index in [0.717, 1.165) is 41.7 Å². The molecule has 0 spiro atoms. The molecule has 2 atom stereocenters. The first-order valence-corrected chi connectivity index (χ1v) is 9.71. The van der Waals surface area contributed by atoms with Crippen molar-refractivity contribution in [3.63, 3.8) is 0 Å². The fourth-order valence-electron chi connectivity index (χ4n) is 6.42. The Morgan fingerprint density at radius 3 is 2.33 bits per heavy atom. The lowest BCUT2D eigenvalue weighted by Crippen LogP contribution is -2.58. The van der Waals surface area contributed by atoms with Crippen molar-refractivity contribution >= 4 is 0 Å². The molecule has 4 saturated carbocycles. The van der Waals surface area contributed by atoms with Crippen molar-refractivity contribution in [2.75, 3.05) is 19.6 Å². The molecule has 4 aliphatic carbocycles. The topological polar surface area (TPSA) is 15.3 Å². The second-order valence-electron chi connectivity index (χ2n) is 8.71. The summed E-state index contributed by atoms with van der Waals surface area (Å²) in [5, 5.41) is 4.15. The van der Waals surface area contributed by atoms with E-state index < -0.39 is 0 Å². The Bertz CT molecular complexity index is 339. The van der Waals surface area contributed by atoms with Gasteiger partial charge in [-0.3, -0.25) is 0 Å². The van der Waals surface area contributed by atoms with E-state index in [1.807, 2.05) is 0 Å². The molecule has 4 bridgehead atoms. The third-order valence-corrected chi connectivity index (χ3v) is 7.38. The lowest BCUT2D eigenvalue weighted by Gasteiger charge is -2.55. The average Bonchev–Trinajstić information content (AvgIpc) is 2.50. The predicted molar refractivity (Wildman–Crippen MR) is 88.3 cm³/mol. The zero-order chi connectivity index (χ0) is 14.4. The van der Waals surface area contributed by atoms with E-state index in [9.17, 15) is 0 Å². The van der Waals surface area contributed by atoms with Crippen LogP contribution in [0.25, 0.3) is 0 Å². The summed E-state index contributed by atoms with van der Waals surface area (Å²) in [5.41, 5.74) is 0. The molecule has 5 aliphatic rings. The molecule has 2 heteroatoms. The maximum atomic E-state index is 4.15. The Labute approximate surface area is 131 Å².